The Morgan fingerprint density at radius 1 is 1.00 bits per heavy atom. The summed E-state index contributed by atoms with van der Waals surface area (Å²) in [5.41, 5.74) is 0.550. The van der Waals surface area contributed by atoms with Crippen LogP contribution in [0.2, 0.25) is 0 Å². The lowest BCUT2D eigenvalue weighted by Gasteiger charge is -2.38. The van der Waals surface area contributed by atoms with Crippen molar-refractivity contribution in [1.29, 1.82) is 0 Å². The van der Waals surface area contributed by atoms with Gasteiger partial charge >= 0.3 is 0 Å². The van der Waals surface area contributed by atoms with Crippen LogP contribution in [0, 0.1) is 5.41 Å². The predicted molar refractivity (Wildman–Crippen MR) is 81.1 cm³/mol. The average Bonchev–Trinajstić information content (AvgIpc) is 2.37. The Bertz CT molecular complexity index is 195. The van der Waals surface area contributed by atoms with Crippen molar-refractivity contribution in [2.24, 2.45) is 5.41 Å². The van der Waals surface area contributed by atoms with Crippen LogP contribution < -0.4 is 5.32 Å². The van der Waals surface area contributed by atoms with Gasteiger partial charge in [0.05, 0.1) is 0 Å². The lowest BCUT2D eigenvalue weighted by atomic mass is 9.80. The van der Waals surface area contributed by atoms with Crippen LogP contribution in [0.1, 0.15) is 65.2 Å². The van der Waals surface area contributed by atoms with Crippen molar-refractivity contribution in [1.82, 2.24) is 10.2 Å². The van der Waals surface area contributed by atoms with Crippen molar-refractivity contribution in [3.05, 3.63) is 0 Å². The first kappa shape index (κ1) is 16.0. The monoisotopic (exact) mass is 254 g/mol. The minimum absolute atomic E-state index is 0.550. The second kappa shape index (κ2) is 8.92. The second-order valence-electron chi connectivity index (χ2n) is 6.56. The molecule has 2 heteroatoms. The Labute approximate surface area is 115 Å². The van der Waals surface area contributed by atoms with Crippen molar-refractivity contribution in [3.8, 4) is 0 Å². The number of nitrogens with zero attached hydrogens (tertiary/aromatic N) is 1. The smallest absolute Gasteiger partial charge is 0.000612 e. The number of unbranched alkanes of at least 4 members (excludes halogenated alkanes) is 5. The molecule has 1 aliphatic heterocycles. The lowest BCUT2D eigenvalue weighted by Crippen LogP contribution is -2.42. The number of hydrogen-bond donors (Lipinski definition) is 1. The Balaban J connectivity index is 1.94. The second-order valence-corrected chi connectivity index (χ2v) is 6.56. The Hall–Kier alpha value is -0.0800. The summed E-state index contributed by atoms with van der Waals surface area (Å²) >= 11 is 0. The molecule has 0 amide bonds. The van der Waals surface area contributed by atoms with E-state index in [0.29, 0.717) is 5.41 Å². The van der Waals surface area contributed by atoms with Crippen LogP contribution in [0.5, 0.6) is 0 Å². The van der Waals surface area contributed by atoms with Gasteiger partial charge in [0, 0.05) is 6.54 Å². The summed E-state index contributed by atoms with van der Waals surface area (Å²) in [6.45, 7) is 9.72. The molecule has 1 rings (SSSR count). The van der Waals surface area contributed by atoms with E-state index in [2.05, 4.69) is 31.1 Å². The van der Waals surface area contributed by atoms with Gasteiger partial charge in [0.25, 0.3) is 0 Å². The summed E-state index contributed by atoms with van der Waals surface area (Å²) in [7, 11) is 2.24. The molecule has 1 heterocycles. The molecule has 1 aliphatic rings. The fourth-order valence-electron chi connectivity index (χ4n) is 2.76. The van der Waals surface area contributed by atoms with Gasteiger partial charge in [0.1, 0.15) is 0 Å². The highest BCUT2D eigenvalue weighted by Gasteiger charge is 2.27. The van der Waals surface area contributed by atoms with E-state index >= 15 is 0 Å². The molecule has 1 N–H and O–H groups in total. The van der Waals surface area contributed by atoms with Gasteiger partial charge in [0.2, 0.25) is 0 Å². The van der Waals surface area contributed by atoms with Crippen molar-refractivity contribution in [3.63, 3.8) is 0 Å². The quantitative estimate of drug-likeness (QED) is 0.632. The maximum Gasteiger partial charge on any atom is 0.000612 e. The molecule has 0 bridgehead atoms. The van der Waals surface area contributed by atoms with Gasteiger partial charge < -0.3 is 10.2 Å². The maximum atomic E-state index is 3.68. The van der Waals surface area contributed by atoms with Gasteiger partial charge in [-0.25, -0.2) is 0 Å². The van der Waals surface area contributed by atoms with Crippen LogP contribution in [-0.4, -0.2) is 38.1 Å². The highest BCUT2D eigenvalue weighted by molar-refractivity contribution is 4.83. The summed E-state index contributed by atoms with van der Waals surface area (Å²) < 4.78 is 0. The van der Waals surface area contributed by atoms with Gasteiger partial charge in [-0.3, -0.25) is 0 Å². The van der Waals surface area contributed by atoms with Crippen LogP contribution >= 0.6 is 0 Å². The van der Waals surface area contributed by atoms with E-state index in [1.807, 2.05) is 0 Å². The van der Waals surface area contributed by atoms with E-state index in [-0.39, 0.29) is 0 Å². The molecular weight excluding hydrogens is 220 g/mol. The van der Waals surface area contributed by atoms with Crippen LogP contribution in [0.3, 0.4) is 0 Å². The molecular formula is C16H34N2. The molecule has 0 unspecified atom stereocenters. The first-order chi connectivity index (χ1) is 8.66. The molecule has 108 valence electrons. The van der Waals surface area contributed by atoms with Crippen molar-refractivity contribution in [2.45, 2.75) is 65.2 Å². The molecule has 0 aliphatic carbocycles. The molecule has 0 aromatic heterocycles. The van der Waals surface area contributed by atoms with Crippen molar-refractivity contribution in [2.75, 3.05) is 33.2 Å². The third-order valence-corrected chi connectivity index (χ3v) is 4.45. The van der Waals surface area contributed by atoms with Gasteiger partial charge in [-0.05, 0) is 51.4 Å². The Kier molecular flexibility index (Phi) is 7.92. The molecule has 0 aromatic rings. The largest absolute Gasteiger partial charge is 0.316 e. The average molecular weight is 254 g/mol. The molecule has 1 saturated heterocycles. The molecule has 0 aromatic carbocycles. The van der Waals surface area contributed by atoms with Crippen LogP contribution in [0.25, 0.3) is 0 Å². The SMILES string of the molecule is CCCCCCCCNCC1(C)CCN(C)CC1. The standard InChI is InChI=1S/C16H34N2/c1-4-5-6-7-8-9-12-17-15-16(2)10-13-18(3)14-11-16/h17H,4-15H2,1-3H3. The summed E-state index contributed by atoms with van der Waals surface area (Å²) in [5, 5.41) is 3.68. The summed E-state index contributed by atoms with van der Waals surface area (Å²) in [5.74, 6) is 0. The lowest BCUT2D eigenvalue weighted by molar-refractivity contribution is 0.137. The number of rotatable bonds is 9. The molecule has 1 fully saturated rings. The Morgan fingerprint density at radius 3 is 2.28 bits per heavy atom. The first-order valence-corrected chi connectivity index (χ1v) is 8.05. The minimum atomic E-state index is 0.550. The highest BCUT2D eigenvalue weighted by atomic mass is 15.1. The zero-order chi connectivity index (χ0) is 13.3. The molecule has 18 heavy (non-hydrogen) atoms. The number of nitrogens with one attached hydrogen (secondary N) is 1. The maximum absolute atomic E-state index is 3.68. The van der Waals surface area contributed by atoms with E-state index in [4.69, 9.17) is 0 Å². The predicted octanol–water partition coefficient (Wildman–Crippen LogP) is 3.67. The number of piperidine rings is 1. The van der Waals surface area contributed by atoms with E-state index in [0.717, 1.165) is 0 Å². The highest BCUT2D eigenvalue weighted by Crippen LogP contribution is 2.29. The zero-order valence-corrected chi connectivity index (χ0v) is 12.9. The summed E-state index contributed by atoms with van der Waals surface area (Å²) in [4.78, 5) is 2.45. The first-order valence-electron chi connectivity index (χ1n) is 8.05. The molecule has 0 atom stereocenters. The normalized spacial score (nSPS) is 20.2. The van der Waals surface area contributed by atoms with E-state index < -0.39 is 0 Å². The van der Waals surface area contributed by atoms with E-state index in [9.17, 15) is 0 Å². The molecule has 0 saturated carbocycles. The van der Waals surface area contributed by atoms with Gasteiger partial charge in [-0.2, -0.15) is 0 Å². The van der Waals surface area contributed by atoms with Crippen LogP contribution in [0.15, 0.2) is 0 Å². The molecule has 0 radical (unpaired) electrons. The third kappa shape index (κ3) is 6.75. The van der Waals surface area contributed by atoms with Crippen LogP contribution in [-0.2, 0) is 0 Å². The fourth-order valence-corrected chi connectivity index (χ4v) is 2.76. The molecule has 0 spiro atoms. The zero-order valence-electron chi connectivity index (χ0n) is 12.9. The van der Waals surface area contributed by atoms with E-state index in [1.165, 1.54) is 77.5 Å². The van der Waals surface area contributed by atoms with Gasteiger partial charge in [0.15, 0.2) is 0 Å². The van der Waals surface area contributed by atoms with Crippen LogP contribution in [0.4, 0.5) is 0 Å². The topological polar surface area (TPSA) is 15.3 Å². The third-order valence-electron chi connectivity index (χ3n) is 4.45. The van der Waals surface area contributed by atoms with E-state index in [1.54, 1.807) is 0 Å². The van der Waals surface area contributed by atoms with Crippen molar-refractivity contribution < 1.29 is 0 Å². The Morgan fingerprint density at radius 2 is 1.61 bits per heavy atom. The number of hydrogen-bond acceptors (Lipinski definition) is 2. The fraction of sp³-hybridized carbons (Fsp3) is 1.00. The van der Waals surface area contributed by atoms with Gasteiger partial charge in [-0.15, -0.1) is 0 Å². The summed E-state index contributed by atoms with van der Waals surface area (Å²) in [6.07, 6.45) is 11.1. The van der Waals surface area contributed by atoms with Crippen molar-refractivity contribution >= 4 is 0 Å². The minimum Gasteiger partial charge on any atom is -0.316 e. The van der Waals surface area contributed by atoms with Gasteiger partial charge in [-0.1, -0.05) is 46.0 Å². The number of likely N-dealkylation sites (tertiary alicyclic amines) is 1. The molecule has 2 nitrogen and oxygen atoms in total. The summed E-state index contributed by atoms with van der Waals surface area (Å²) in [6, 6.07) is 0.